The van der Waals surface area contributed by atoms with Crippen LogP contribution in [0.2, 0.25) is 0 Å². The first-order chi connectivity index (χ1) is 9.06. The fourth-order valence-corrected chi connectivity index (χ4v) is 4.08. The van der Waals surface area contributed by atoms with Gasteiger partial charge in [0.25, 0.3) is 10.2 Å². The Bertz CT molecular complexity index is 375. The van der Waals surface area contributed by atoms with Gasteiger partial charge in [0.05, 0.1) is 0 Å². The van der Waals surface area contributed by atoms with Gasteiger partial charge in [0.15, 0.2) is 0 Å². The third kappa shape index (κ3) is 4.13. The van der Waals surface area contributed by atoms with Crippen molar-refractivity contribution in [2.24, 2.45) is 5.73 Å². The van der Waals surface area contributed by atoms with Crippen molar-refractivity contribution in [1.82, 2.24) is 13.9 Å². The van der Waals surface area contributed by atoms with Gasteiger partial charge >= 0.3 is 0 Å². The third-order valence-electron chi connectivity index (χ3n) is 3.99. The number of nitrogens with two attached hydrogens (primary N) is 1. The van der Waals surface area contributed by atoms with E-state index in [0.29, 0.717) is 25.7 Å². The molecule has 1 unspecified atom stereocenters. The van der Waals surface area contributed by atoms with E-state index >= 15 is 0 Å². The molecule has 1 heterocycles. The lowest BCUT2D eigenvalue weighted by Gasteiger charge is -2.38. The van der Waals surface area contributed by atoms with E-state index in [2.05, 4.69) is 16.5 Å². The van der Waals surface area contributed by atoms with Crippen LogP contribution in [0.1, 0.15) is 32.6 Å². The van der Waals surface area contributed by atoms with Crippen LogP contribution in [0.5, 0.6) is 0 Å². The SMILES string of the molecule is CCC(CCN)N1CCN(S(=O)(=O)NC2CC2)CC1. The zero-order valence-electron chi connectivity index (χ0n) is 11.7. The number of piperazine rings is 1. The number of hydrogen-bond donors (Lipinski definition) is 2. The summed E-state index contributed by atoms with van der Waals surface area (Å²) in [6.45, 7) is 5.65. The van der Waals surface area contributed by atoms with Crippen LogP contribution in [0.4, 0.5) is 0 Å². The van der Waals surface area contributed by atoms with Crippen molar-refractivity contribution in [2.45, 2.75) is 44.7 Å². The lowest BCUT2D eigenvalue weighted by atomic mass is 10.1. The normalized spacial score (nSPS) is 24.5. The molecule has 112 valence electrons. The van der Waals surface area contributed by atoms with Gasteiger partial charge in [-0.15, -0.1) is 0 Å². The lowest BCUT2D eigenvalue weighted by Crippen LogP contribution is -2.54. The maximum absolute atomic E-state index is 12.1. The van der Waals surface area contributed by atoms with Crippen LogP contribution < -0.4 is 10.5 Å². The molecule has 1 saturated heterocycles. The standard InChI is InChI=1S/C12H26N4O2S/c1-2-12(5-6-13)15-7-9-16(10-8-15)19(17,18)14-11-3-4-11/h11-12,14H,2-10,13H2,1H3. The summed E-state index contributed by atoms with van der Waals surface area (Å²) in [5.74, 6) is 0. The van der Waals surface area contributed by atoms with Crippen molar-refractivity contribution in [2.75, 3.05) is 32.7 Å². The first-order valence-corrected chi connectivity index (χ1v) is 8.72. The van der Waals surface area contributed by atoms with Crippen molar-refractivity contribution in [1.29, 1.82) is 0 Å². The highest BCUT2D eigenvalue weighted by atomic mass is 32.2. The molecule has 2 fully saturated rings. The average molecular weight is 290 g/mol. The Morgan fingerprint density at radius 2 is 1.89 bits per heavy atom. The first kappa shape index (κ1) is 15.2. The molecule has 1 saturated carbocycles. The zero-order valence-corrected chi connectivity index (χ0v) is 12.5. The van der Waals surface area contributed by atoms with Gasteiger partial charge in [0, 0.05) is 38.3 Å². The van der Waals surface area contributed by atoms with E-state index in [0.717, 1.165) is 38.8 Å². The van der Waals surface area contributed by atoms with E-state index in [1.807, 2.05) is 0 Å². The molecule has 6 nitrogen and oxygen atoms in total. The van der Waals surface area contributed by atoms with Crippen LogP contribution in [0.25, 0.3) is 0 Å². The molecule has 2 aliphatic rings. The monoisotopic (exact) mass is 290 g/mol. The van der Waals surface area contributed by atoms with Crippen LogP contribution in [0, 0.1) is 0 Å². The molecule has 1 atom stereocenters. The van der Waals surface area contributed by atoms with Crippen LogP contribution in [0.15, 0.2) is 0 Å². The van der Waals surface area contributed by atoms with Gasteiger partial charge in [-0.2, -0.15) is 17.4 Å². The zero-order chi connectivity index (χ0) is 13.9. The highest BCUT2D eigenvalue weighted by molar-refractivity contribution is 7.87. The molecule has 0 aromatic carbocycles. The molecular weight excluding hydrogens is 264 g/mol. The summed E-state index contributed by atoms with van der Waals surface area (Å²) in [4.78, 5) is 2.37. The molecule has 0 spiro atoms. The fraction of sp³-hybridized carbons (Fsp3) is 1.00. The number of nitrogens with zero attached hydrogens (tertiary/aromatic N) is 2. The smallest absolute Gasteiger partial charge is 0.279 e. The van der Waals surface area contributed by atoms with E-state index < -0.39 is 10.2 Å². The molecular formula is C12H26N4O2S. The number of nitrogens with one attached hydrogen (secondary N) is 1. The van der Waals surface area contributed by atoms with Crippen LogP contribution in [-0.2, 0) is 10.2 Å². The Morgan fingerprint density at radius 3 is 2.37 bits per heavy atom. The van der Waals surface area contributed by atoms with E-state index in [1.165, 1.54) is 0 Å². The molecule has 0 bridgehead atoms. The topological polar surface area (TPSA) is 78.7 Å². The molecule has 0 aromatic heterocycles. The molecule has 2 rings (SSSR count). The minimum absolute atomic E-state index is 0.184. The van der Waals surface area contributed by atoms with Gasteiger partial charge in [0.2, 0.25) is 0 Å². The summed E-state index contributed by atoms with van der Waals surface area (Å²) in [6, 6.07) is 0.676. The Morgan fingerprint density at radius 1 is 1.26 bits per heavy atom. The summed E-state index contributed by atoms with van der Waals surface area (Å²) >= 11 is 0. The van der Waals surface area contributed by atoms with Gasteiger partial charge in [0.1, 0.15) is 0 Å². The molecule has 0 amide bonds. The predicted molar refractivity (Wildman–Crippen MR) is 76.0 cm³/mol. The summed E-state index contributed by atoms with van der Waals surface area (Å²) in [6.07, 6.45) is 4.02. The summed E-state index contributed by atoms with van der Waals surface area (Å²) < 4.78 is 28.5. The highest BCUT2D eigenvalue weighted by Gasteiger charge is 2.33. The van der Waals surface area contributed by atoms with Crippen LogP contribution in [-0.4, -0.2) is 62.4 Å². The second-order valence-electron chi connectivity index (χ2n) is 5.47. The van der Waals surface area contributed by atoms with Gasteiger partial charge in [-0.05, 0) is 32.2 Å². The maximum atomic E-state index is 12.1. The van der Waals surface area contributed by atoms with Crippen LogP contribution >= 0.6 is 0 Å². The largest absolute Gasteiger partial charge is 0.330 e. The molecule has 0 radical (unpaired) electrons. The fourth-order valence-electron chi connectivity index (χ4n) is 2.63. The third-order valence-corrected chi connectivity index (χ3v) is 5.67. The molecule has 19 heavy (non-hydrogen) atoms. The van der Waals surface area contributed by atoms with Gasteiger partial charge < -0.3 is 5.73 Å². The molecule has 3 N–H and O–H groups in total. The average Bonchev–Trinajstić information content (AvgIpc) is 3.19. The molecule has 1 aliphatic carbocycles. The van der Waals surface area contributed by atoms with Crippen molar-refractivity contribution in [3.63, 3.8) is 0 Å². The van der Waals surface area contributed by atoms with Crippen molar-refractivity contribution >= 4 is 10.2 Å². The quantitative estimate of drug-likeness (QED) is 0.676. The number of rotatable bonds is 7. The summed E-state index contributed by atoms with van der Waals surface area (Å²) in [5, 5.41) is 0. The molecule has 1 aliphatic heterocycles. The van der Waals surface area contributed by atoms with Gasteiger partial charge in [-0.25, -0.2) is 0 Å². The number of hydrogen-bond acceptors (Lipinski definition) is 4. The molecule has 0 aromatic rings. The minimum atomic E-state index is -3.26. The lowest BCUT2D eigenvalue weighted by molar-refractivity contribution is 0.128. The first-order valence-electron chi connectivity index (χ1n) is 7.28. The van der Waals surface area contributed by atoms with Crippen LogP contribution in [0.3, 0.4) is 0 Å². The minimum Gasteiger partial charge on any atom is -0.330 e. The van der Waals surface area contributed by atoms with Crippen molar-refractivity contribution in [3.8, 4) is 0 Å². The molecule has 7 heteroatoms. The Kier molecular flexibility index (Phi) is 5.19. The summed E-state index contributed by atoms with van der Waals surface area (Å²) in [7, 11) is -3.26. The predicted octanol–water partition coefficient (Wildman–Crippen LogP) is -0.272. The van der Waals surface area contributed by atoms with E-state index in [4.69, 9.17) is 5.73 Å². The van der Waals surface area contributed by atoms with E-state index in [1.54, 1.807) is 4.31 Å². The second kappa shape index (κ2) is 6.49. The maximum Gasteiger partial charge on any atom is 0.279 e. The van der Waals surface area contributed by atoms with Gasteiger partial charge in [-0.3, -0.25) is 4.90 Å². The van der Waals surface area contributed by atoms with E-state index in [-0.39, 0.29) is 6.04 Å². The Hall–Kier alpha value is -0.210. The van der Waals surface area contributed by atoms with Crippen molar-refractivity contribution < 1.29 is 8.42 Å². The highest BCUT2D eigenvalue weighted by Crippen LogP contribution is 2.21. The Labute approximate surface area is 116 Å². The van der Waals surface area contributed by atoms with E-state index in [9.17, 15) is 8.42 Å². The Balaban J connectivity index is 1.84. The van der Waals surface area contributed by atoms with Gasteiger partial charge in [-0.1, -0.05) is 6.92 Å². The second-order valence-corrected chi connectivity index (χ2v) is 7.17. The summed E-state index contributed by atoms with van der Waals surface area (Å²) in [5.41, 5.74) is 5.63. The van der Waals surface area contributed by atoms with Crippen molar-refractivity contribution in [3.05, 3.63) is 0 Å².